The van der Waals surface area contributed by atoms with Gasteiger partial charge in [0, 0.05) is 31.4 Å². The molecule has 1 rings (SSSR count). The fraction of sp³-hybridized carbons (Fsp3) is 0.692. The Morgan fingerprint density at radius 1 is 1.44 bits per heavy atom. The molecule has 5 nitrogen and oxygen atoms in total. The van der Waals surface area contributed by atoms with Crippen molar-refractivity contribution >= 4 is 5.97 Å². The molecule has 0 saturated carbocycles. The number of nitrogens with zero attached hydrogens (tertiary/aromatic N) is 3. The molecule has 1 aromatic heterocycles. The summed E-state index contributed by atoms with van der Waals surface area (Å²) in [5.41, 5.74) is 3.22. The van der Waals surface area contributed by atoms with E-state index in [-0.39, 0.29) is 6.54 Å². The molecular weight excluding hydrogens is 230 g/mol. The van der Waals surface area contributed by atoms with Gasteiger partial charge in [0.25, 0.3) is 0 Å². The van der Waals surface area contributed by atoms with Gasteiger partial charge in [0.15, 0.2) is 0 Å². The molecule has 0 bridgehead atoms. The zero-order valence-corrected chi connectivity index (χ0v) is 11.9. The highest BCUT2D eigenvalue weighted by molar-refractivity contribution is 5.69. The van der Waals surface area contributed by atoms with Crippen LogP contribution < -0.4 is 0 Å². The molecule has 0 radical (unpaired) electrons. The largest absolute Gasteiger partial charge is 0.480 e. The Labute approximate surface area is 108 Å². The summed E-state index contributed by atoms with van der Waals surface area (Å²) in [6.07, 6.45) is 0. The van der Waals surface area contributed by atoms with Crippen molar-refractivity contribution in [2.75, 3.05) is 13.1 Å². The third-order valence-electron chi connectivity index (χ3n) is 3.02. The minimum atomic E-state index is -0.783. The number of aliphatic carboxylic acids is 1. The normalized spacial score (nSPS) is 11.5. The van der Waals surface area contributed by atoms with E-state index < -0.39 is 5.97 Å². The Balaban J connectivity index is 2.84. The molecule has 0 unspecified atom stereocenters. The van der Waals surface area contributed by atoms with Gasteiger partial charge in [0.05, 0.1) is 12.2 Å². The quantitative estimate of drug-likeness (QED) is 0.836. The van der Waals surface area contributed by atoms with Crippen molar-refractivity contribution in [3.8, 4) is 0 Å². The van der Waals surface area contributed by atoms with Gasteiger partial charge in [-0.1, -0.05) is 13.8 Å². The van der Waals surface area contributed by atoms with E-state index in [9.17, 15) is 4.79 Å². The summed E-state index contributed by atoms with van der Waals surface area (Å²) in [6, 6.07) is 0. The second kappa shape index (κ2) is 6.00. The fourth-order valence-electron chi connectivity index (χ4n) is 2.16. The van der Waals surface area contributed by atoms with E-state index >= 15 is 0 Å². The van der Waals surface area contributed by atoms with Gasteiger partial charge >= 0.3 is 5.97 Å². The summed E-state index contributed by atoms with van der Waals surface area (Å²) in [4.78, 5) is 12.9. The Bertz CT molecular complexity index is 424. The van der Waals surface area contributed by atoms with E-state index in [1.807, 2.05) is 30.5 Å². The van der Waals surface area contributed by atoms with Crippen LogP contribution in [0.3, 0.4) is 0 Å². The van der Waals surface area contributed by atoms with Crippen LogP contribution in [0.25, 0.3) is 0 Å². The molecular formula is C13H23N3O2. The van der Waals surface area contributed by atoms with E-state index in [4.69, 9.17) is 5.11 Å². The Morgan fingerprint density at radius 3 is 2.44 bits per heavy atom. The molecule has 0 aliphatic carbocycles. The molecule has 0 saturated heterocycles. The Kier molecular flexibility index (Phi) is 4.90. The third kappa shape index (κ3) is 3.84. The second-order valence-electron chi connectivity index (χ2n) is 5.23. The van der Waals surface area contributed by atoms with Crippen LogP contribution in [0.4, 0.5) is 0 Å². The highest BCUT2D eigenvalue weighted by atomic mass is 16.4. The zero-order valence-electron chi connectivity index (χ0n) is 11.9. The van der Waals surface area contributed by atoms with Crippen molar-refractivity contribution in [1.82, 2.24) is 14.7 Å². The van der Waals surface area contributed by atoms with E-state index in [2.05, 4.69) is 18.9 Å². The highest BCUT2D eigenvalue weighted by Crippen LogP contribution is 2.15. The summed E-state index contributed by atoms with van der Waals surface area (Å²) >= 11 is 0. The third-order valence-corrected chi connectivity index (χ3v) is 3.02. The minimum absolute atomic E-state index is 0.0754. The molecule has 18 heavy (non-hydrogen) atoms. The molecule has 1 N–H and O–H groups in total. The molecule has 0 amide bonds. The lowest BCUT2D eigenvalue weighted by Gasteiger charge is -2.22. The molecule has 1 aromatic rings. The van der Waals surface area contributed by atoms with E-state index in [1.54, 1.807) is 0 Å². The number of rotatable bonds is 6. The van der Waals surface area contributed by atoms with Crippen molar-refractivity contribution in [1.29, 1.82) is 0 Å². The average Bonchev–Trinajstić information content (AvgIpc) is 2.43. The monoisotopic (exact) mass is 253 g/mol. The first-order valence-corrected chi connectivity index (χ1v) is 6.24. The van der Waals surface area contributed by atoms with Crippen LogP contribution in [0.2, 0.25) is 0 Å². The van der Waals surface area contributed by atoms with Gasteiger partial charge in [-0.15, -0.1) is 0 Å². The number of carboxylic acid groups (broad SMARTS) is 1. The van der Waals surface area contributed by atoms with Gasteiger partial charge < -0.3 is 5.11 Å². The molecule has 5 heteroatoms. The molecule has 0 aliphatic heterocycles. The van der Waals surface area contributed by atoms with Crippen molar-refractivity contribution in [2.45, 2.75) is 34.2 Å². The maximum Gasteiger partial charge on any atom is 0.317 e. The number of carbonyl (C=O) groups is 1. The smallest absolute Gasteiger partial charge is 0.317 e. The maximum atomic E-state index is 10.9. The zero-order chi connectivity index (χ0) is 13.9. The first-order valence-electron chi connectivity index (χ1n) is 6.24. The molecule has 1 heterocycles. The molecule has 0 atom stereocenters. The molecule has 0 aliphatic rings. The standard InChI is InChI=1S/C13H23N3O2/c1-9(2)6-16(8-13(17)18)7-12-10(3)14-15(5)11(12)4/h9H,6-8H2,1-5H3,(H,17,18). The Hall–Kier alpha value is -1.36. The number of hydrogen-bond donors (Lipinski definition) is 1. The van der Waals surface area contributed by atoms with Gasteiger partial charge in [-0.05, 0) is 19.8 Å². The van der Waals surface area contributed by atoms with Crippen molar-refractivity contribution in [2.24, 2.45) is 13.0 Å². The van der Waals surface area contributed by atoms with Crippen LogP contribution in [-0.2, 0) is 18.4 Å². The second-order valence-corrected chi connectivity index (χ2v) is 5.23. The van der Waals surface area contributed by atoms with Gasteiger partial charge in [0.1, 0.15) is 0 Å². The fourth-order valence-corrected chi connectivity index (χ4v) is 2.16. The SMILES string of the molecule is Cc1nn(C)c(C)c1CN(CC(=O)O)CC(C)C. The minimum Gasteiger partial charge on any atom is -0.480 e. The summed E-state index contributed by atoms with van der Waals surface area (Å²) in [5.74, 6) is -0.337. The number of aromatic nitrogens is 2. The van der Waals surface area contributed by atoms with Crippen molar-refractivity contribution < 1.29 is 9.90 Å². The van der Waals surface area contributed by atoms with Crippen LogP contribution in [-0.4, -0.2) is 38.8 Å². The summed E-state index contributed by atoms with van der Waals surface area (Å²) in [7, 11) is 1.91. The van der Waals surface area contributed by atoms with Crippen LogP contribution in [0.5, 0.6) is 0 Å². The van der Waals surface area contributed by atoms with E-state index in [1.165, 1.54) is 0 Å². The predicted molar refractivity (Wildman–Crippen MR) is 70.4 cm³/mol. The molecule has 0 fully saturated rings. The number of aryl methyl sites for hydroxylation is 2. The number of carboxylic acids is 1. The van der Waals surface area contributed by atoms with Gasteiger partial charge in [-0.2, -0.15) is 5.10 Å². The maximum absolute atomic E-state index is 10.9. The Morgan fingerprint density at radius 2 is 2.06 bits per heavy atom. The first kappa shape index (κ1) is 14.7. The summed E-state index contributed by atoms with van der Waals surface area (Å²) < 4.78 is 1.85. The summed E-state index contributed by atoms with van der Waals surface area (Å²) in [6.45, 7) is 9.68. The van der Waals surface area contributed by atoms with Crippen LogP contribution in [0, 0.1) is 19.8 Å². The van der Waals surface area contributed by atoms with Crippen LogP contribution in [0.1, 0.15) is 30.8 Å². The van der Waals surface area contributed by atoms with Gasteiger partial charge in [0.2, 0.25) is 0 Å². The van der Waals surface area contributed by atoms with Gasteiger partial charge in [-0.3, -0.25) is 14.4 Å². The lowest BCUT2D eigenvalue weighted by Crippen LogP contribution is -2.32. The van der Waals surface area contributed by atoms with E-state index in [0.29, 0.717) is 12.5 Å². The highest BCUT2D eigenvalue weighted by Gasteiger charge is 2.16. The lowest BCUT2D eigenvalue weighted by molar-refractivity contribution is -0.138. The molecule has 0 aromatic carbocycles. The predicted octanol–water partition coefficient (Wildman–Crippen LogP) is 1.58. The van der Waals surface area contributed by atoms with Crippen LogP contribution in [0.15, 0.2) is 0 Å². The molecule has 102 valence electrons. The lowest BCUT2D eigenvalue weighted by atomic mass is 10.1. The van der Waals surface area contributed by atoms with Crippen molar-refractivity contribution in [3.63, 3.8) is 0 Å². The number of hydrogen-bond acceptors (Lipinski definition) is 3. The van der Waals surface area contributed by atoms with Gasteiger partial charge in [-0.25, -0.2) is 0 Å². The average molecular weight is 253 g/mol. The van der Waals surface area contributed by atoms with Crippen molar-refractivity contribution in [3.05, 3.63) is 17.0 Å². The van der Waals surface area contributed by atoms with Crippen LogP contribution >= 0.6 is 0 Å². The van der Waals surface area contributed by atoms with E-state index in [0.717, 1.165) is 23.5 Å². The first-order chi connectivity index (χ1) is 8.31. The molecule has 0 spiro atoms. The summed E-state index contributed by atoms with van der Waals surface area (Å²) in [5, 5.41) is 13.3. The topological polar surface area (TPSA) is 58.4 Å².